The van der Waals surface area contributed by atoms with Gasteiger partial charge in [0.2, 0.25) is 0 Å². The first-order chi connectivity index (χ1) is 9.56. The summed E-state index contributed by atoms with van der Waals surface area (Å²) in [5, 5.41) is 8.44. The quantitative estimate of drug-likeness (QED) is 0.833. The molecule has 2 heterocycles. The lowest BCUT2D eigenvalue weighted by Gasteiger charge is -2.34. The molecule has 2 rings (SSSR count). The maximum Gasteiger partial charge on any atom is 0.166 e. The van der Waals surface area contributed by atoms with Gasteiger partial charge in [0.05, 0.1) is 0 Å². The molecule has 0 aromatic carbocycles. The van der Waals surface area contributed by atoms with Gasteiger partial charge in [-0.3, -0.25) is 4.90 Å². The van der Waals surface area contributed by atoms with Crippen LogP contribution in [0.5, 0.6) is 0 Å². The monoisotopic (exact) mass is 311 g/mol. The van der Waals surface area contributed by atoms with Crippen LogP contribution in [0, 0.1) is 11.3 Å². The van der Waals surface area contributed by atoms with E-state index in [4.69, 9.17) is 5.26 Å². The normalized spacial score (nSPS) is 20.5. The van der Waals surface area contributed by atoms with Crippen LogP contribution in [-0.4, -0.2) is 47.5 Å². The van der Waals surface area contributed by atoms with Crippen molar-refractivity contribution in [1.29, 1.82) is 5.26 Å². The predicted molar refractivity (Wildman–Crippen MR) is 79.9 cm³/mol. The number of aromatic nitrogens is 1. The minimum absolute atomic E-state index is 0.161. The number of thioether (sulfide) groups is 1. The Bertz CT molecular complexity index is 610. The number of hydrogen-bond acceptors (Lipinski definition) is 6. The number of pyridine rings is 1. The molecule has 0 aliphatic carbocycles. The van der Waals surface area contributed by atoms with E-state index >= 15 is 0 Å². The van der Waals surface area contributed by atoms with Gasteiger partial charge >= 0.3 is 0 Å². The van der Waals surface area contributed by atoms with Crippen molar-refractivity contribution in [3.8, 4) is 6.07 Å². The molecule has 0 bridgehead atoms. The first-order valence-corrected chi connectivity index (χ1v) is 9.32. The molecule has 20 heavy (non-hydrogen) atoms. The molecule has 0 spiro atoms. The summed E-state index contributed by atoms with van der Waals surface area (Å²) in [6.45, 7) is 2.98. The molecule has 0 amide bonds. The van der Waals surface area contributed by atoms with Gasteiger partial charge in [0.15, 0.2) is 9.84 Å². The zero-order chi connectivity index (χ0) is 14.6. The van der Waals surface area contributed by atoms with E-state index in [9.17, 15) is 8.42 Å². The van der Waals surface area contributed by atoms with Gasteiger partial charge in [-0.1, -0.05) is 6.92 Å². The average Bonchev–Trinajstić information content (AvgIpc) is 2.48. The van der Waals surface area contributed by atoms with Crippen molar-refractivity contribution in [3.63, 3.8) is 0 Å². The van der Waals surface area contributed by atoms with Crippen molar-refractivity contribution < 1.29 is 8.42 Å². The summed E-state index contributed by atoms with van der Waals surface area (Å²) >= 11 is 1.68. The summed E-state index contributed by atoms with van der Waals surface area (Å²) in [6.07, 6.45) is 1.59. The molecule has 1 aliphatic heterocycles. The SMILES string of the molecule is CCS(=O)(=O)C1CSCCN1Cc1ccnc(C#N)c1. The van der Waals surface area contributed by atoms with Crippen LogP contribution in [0.15, 0.2) is 18.3 Å². The summed E-state index contributed by atoms with van der Waals surface area (Å²) in [4.78, 5) is 5.92. The molecular formula is C13H17N3O2S2. The lowest BCUT2D eigenvalue weighted by molar-refractivity contribution is 0.261. The van der Waals surface area contributed by atoms with Gasteiger partial charge < -0.3 is 0 Å². The van der Waals surface area contributed by atoms with Crippen molar-refractivity contribution in [3.05, 3.63) is 29.6 Å². The van der Waals surface area contributed by atoms with Gasteiger partial charge in [0, 0.05) is 36.5 Å². The summed E-state index contributed by atoms with van der Waals surface area (Å²) < 4.78 is 24.3. The molecule has 0 radical (unpaired) electrons. The molecule has 1 aromatic heterocycles. The Morgan fingerprint density at radius 2 is 2.40 bits per heavy atom. The summed E-state index contributed by atoms with van der Waals surface area (Å²) in [5.41, 5.74) is 1.29. The summed E-state index contributed by atoms with van der Waals surface area (Å²) in [6, 6.07) is 5.56. The van der Waals surface area contributed by atoms with Crippen molar-refractivity contribution in [2.75, 3.05) is 23.8 Å². The van der Waals surface area contributed by atoms with E-state index in [2.05, 4.69) is 4.98 Å². The second kappa shape index (κ2) is 6.57. The van der Waals surface area contributed by atoms with E-state index in [0.717, 1.165) is 17.9 Å². The van der Waals surface area contributed by atoms with Crippen molar-refractivity contribution in [2.24, 2.45) is 0 Å². The second-order valence-electron chi connectivity index (χ2n) is 4.61. The van der Waals surface area contributed by atoms with Crippen LogP contribution in [0.1, 0.15) is 18.2 Å². The Balaban J connectivity index is 2.19. The molecule has 7 heteroatoms. The van der Waals surface area contributed by atoms with Crippen LogP contribution >= 0.6 is 11.8 Å². The van der Waals surface area contributed by atoms with Crippen LogP contribution in [0.2, 0.25) is 0 Å². The average molecular weight is 311 g/mol. The summed E-state index contributed by atoms with van der Waals surface area (Å²) in [5.74, 6) is 1.72. The minimum atomic E-state index is -3.08. The maximum absolute atomic E-state index is 12.2. The molecule has 0 saturated carbocycles. The van der Waals surface area contributed by atoms with Crippen LogP contribution in [0.25, 0.3) is 0 Å². The Morgan fingerprint density at radius 3 is 3.10 bits per heavy atom. The van der Waals surface area contributed by atoms with E-state index in [0.29, 0.717) is 18.0 Å². The van der Waals surface area contributed by atoms with Crippen molar-refractivity contribution in [1.82, 2.24) is 9.88 Å². The fourth-order valence-electron chi connectivity index (χ4n) is 2.19. The van der Waals surface area contributed by atoms with Crippen molar-refractivity contribution >= 4 is 21.6 Å². The van der Waals surface area contributed by atoms with Gasteiger partial charge in [-0.2, -0.15) is 17.0 Å². The zero-order valence-corrected chi connectivity index (χ0v) is 13.0. The first kappa shape index (κ1) is 15.3. The molecule has 5 nitrogen and oxygen atoms in total. The third kappa shape index (κ3) is 3.51. The highest BCUT2D eigenvalue weighted by atomic mass is 32.2. The molecular weight excluding hydrogens is 294 g/mol. The van der Waals surface area contributed by atoms with Gasteiger partial charge in [0.25, 0.3) is 0 Å². The van der Waals surface area contributed by atoms with Crippen molar-refractivity contribution in [2.45, 2.75) is 18.8 Å². The molecule has 1 fully saturated rings. The molecule has 1 saturated heterocycles. The zero-order valence-electron chi connectivity index (χ0n) is 11.3. The molecule has 0 N–H and O–H groups in total. The number of rotatable bonds is 4. The highest BCUT2D eigenvalue weighted by Crippen LogP contribution is 2.23. The van der Waals surface area contributed by atoms with Gasteiger partial charge in [-0.05, 0) is 17.7 Å². The van der Waals surface area contributed by atoms with Gasteiger partial charge in [0.1, 0.15) is 17.1 Å². The Labute approximate surface area is 123 Å². The third-order valence-electron chi connectivity index (χ3n) is 3.33. The largest absolute Gasteiger partial charge is 0.281 e. The minimum Gasteiger partial charge on any atom is -0.281 e. The second-order valence-corrected chi connectivity index (χ2v) is 8.21. The van der Waals surface area contributed by atoms with Crippen LogP contribution < -0.4 is 0 Å². The Hall–Kier alpha value is -1.10. The highest BCUT2D eigenvalue weighted by Gasteiger charge is 2.32. The van der Waals surface area contributed by atoms with Gasteiger partial charge in [-0.15, -0.1) is 0 Å². The lowest BCUT2D eigenvalue weighted by Crippen LogP contribution is -2.47. The first-order valence-electron chi connectivity index (χ1n) is 6.45. The molecule has 1 atom stereocenters. The topological polar surface area (TPSA) is 74.1 Å². The maximum atomic E-state index is 12.2. The van der Waals surface area contributed by atoms with E-state index in [-0.39, 0.29) is 5.75 Å². The number of nitrogens with zero attached hydrogens (tertiary/aromatic N) is 3. The Morgan fingerprint density at radius 1 is 1.60 bits per heavy atom. The van der Waals surface area contributed by atoms with Crippen LogP contribution in [0.3, 0.4) is 0 Å². The highest BCUT2D eigenvalue weighted by molar-refractivity contribution is 8.01. The van der Waals surface area contributed by atoms with E-state index in [1.807, 2.05) is 17.0 Å². The number of hydrogen-bond donors (Lipinski definition) is 0. The third-order valence-corrected chi connectivity index (χ3v) is 6.66. The van der Waals surface area contributed by atoms with E-state index < -0.39 is 15.2 Å². The molecule has 108 valence electrons. The molecule has 1 unspecified atom stereocenters. The fourth-order valence-corrected chi connectivity index (χ4v) is 5.27. The predicted octanol–water partition coefficient (Wildman–Crippen LogP) is 1.26. The van der Waals surface area contributed by atoms with Gasteiger partial charge in [-0.25, -0.2) is 13.4 Å². The van der Waals surface area contributed by atoms with E-state index in [1.54, 1.807) is 30.9 Å². The molecule has 1 aliphatic rings. The van der Waals surface area contributed by atoms with E-state index in [1.165, 1.54) is 0 Å². The fraction of sp³-hybridized carbons (Fsp3) is 0.538. The number of sulfone groups is 1. The van der Waals surface area contributed by atoms with Crippen LogP contribution in [-0.2, 0) is 16.4 Å². The standard InChI is InChI=1S/C13H17N3O2S2/c1-2-20(17,18)13-10-19-6-5-16(13)9-11-3-4-15-12(7-11)8-14/h3-4,7,13H,2,5-6,9-10H2,1H3. The number of nitriles is 1. The Kier molecular flexibility index (Phi) is 5.02. The molecule has 1 aromatic rings. The summed E-state index contributed by atoms with van der Waals surface area (Å²) in [7, 11) is -3.08. The lowest BCUT2D eigenvalue weighted by atomic mass is 10.2. The smallest absolute Gasteiger partial charge is 0.166 e. The van der Waals surface area contributed by atoms with Crippen LogP contribution in [0.4, 0.5) is 0 Å².